The molecule has 0 aromatic carbocycles. The zero-order valence-electron chi connectivity index (χ0n) is 9.05. The van der Waals surface area contributed by atoms with Gasteiger partial charge >= 0.3 is 5.97 Å². The zero-order chi connectivity index (χ0) is 13.1. The molecule has 0 saturated heterocycles. The molecule has 6 nitrogen and oxygen atoms in total. The average molecular weight is 333 g/mol. The molecule has 1 aliphatic rings. The molecule has 2 heterocycles. The SMILES string of the molecule is O=C(O)C1=NOC(C(=O)NCc2ccc(Br)s2)C1. The Morgan fingerprint density at radius 3 is 2.94 bits per heavy atom. The third kappa shape index (κ3) is 3.08. The molecule has 2 rings (SSSR count). The minimum absolute atomic E-state index is 0.00466. The first-order chi connectivity index (χ1) is 8.56. The van der Waals surface area contributed by atoms with Crippen molar-refractivity contribution in [2.75, 3.05) is 0 Å². The third-order valence-corrected chi connectivity index (χ3v) is 3.90. The van der Waals surface area contributed by atoms with Gasteiger partial charge in [-0.25, -0.2) is 4.79 Å². The Balaban J connectivity index is 1.82. The standard InChI is InChI=1S/C10H9BrN2O4S/c11-8-2-1-5(18-8)4-12-9(14)7-3-6(10(15)16)13-17-7/h1-2,7H,3-4H2,(H,12,14)(H,15,16). The van der Waals surface area contributed by atoms with Crippen LogP contribution in [0.15, 0.2) is 21.1 Å². The quantitative estimate of drug-likeness (QED) is 0.871. The van der Waals surface area contributed by atoms with Crippen LogP contribution < -0.4 is 5.32 Å². The number of nitrogens with zero attached hydrogens (tertiary/aromatic N) is 1. The van der Waals surface area contributed by atoms with E-state index >= 15 is 0 Å². The lowest BCUT2D eigenvalue weighted by atomic mass is 10.2. The summed E-state index contributed by atoms with van der Waals surface area (Å²) < 4.78 is 0.986. The Morgan fingerprint density at radius 1 is 1.61 bits per heavy atom. The van der Waals surface area contributed by atoms with Gasteiger partial charge in [0.2, 0.25) is 6.10 Å². The van der Waals surface area contributed by atoms with E-state index in [1.807, 2.05) is 12.1 Å². The lowest BCUT2D eigenvalue weighted by Gasteiger charge is -2.08. The monoisotopic (exact) mass is 332 g/mol. The van der Waals surface area contributed by atoms with Crippen LogP contribution >= 0.6 is 27.3 Å². The number of amides is 1. The number of hydrogen-bond acceptors (Lipinski definition) is 5. The molecule has 1 aliphatic heterocycles. The van der Waals surface area contributed by atoms with E-state index < -0.39 is 12.1 Å². The summed E-state index contributed by atoms with van der Waals surface area (Å²) in [6, 6.07) is 3.79. The minimum Gasteiger partial charge on any atom is -0.477 e. The summed E-state index contributed by atoms with van der Waals surface area (Å²) in [4.78, 5) is 28.1. The van der Waals surface area contributed by atoms with Gasteiger partial charge in [0.25, 0.3) is 5.91 Å². The van der Waals surface area contributed by atoms with Crippen molar-refractivity contribution < 1.29 is 19.5 Å². The highest BCUT2D eigenvalue weighted by Crippen LogP contribution is 2.21. The number of hydrogen-bond donors (Lipinski definition) is 2. The van der Waals surface area contributed by atoms with Crippen LogP contribution in [0.25, 0.3) is 0 Å². The topological polar surface area (TPSA) is 88.0 Å². The fraction of sp³-hybridized carbons (Fsp3) is 0.300. The lowest BCUT2D eigenvalue weighted by molar-refractivity contribution is -0.131. The Hall–Kier alpha value is -1.41. The summed E-state index contributed by atoms with van der Waals surface area (Å²) in [7, 11) is 0. The molecule has 2 N–H and O–H groups in total. The van der Waals surface area contributed by atoms with Crippen molar-refractivity contribution in [3.05, 3.63) is 20.8 Å². The molecular weight excluding hydrogens is 324 g/mol. The van der Waals surface area contributed by atoms with Gasteiger partial charge in [-0.2, -0.15) is 0 Å². The molecule has 8 heteroatoms. The van der Waals surface area contributed by atoms with Gasteiger partial charge < -0.3 is 15.3 Å². The normalized spacial score (nSPS) is 18.1. The molecule has 0 aliphatic carbocycles. The van der Waals surface area contributed by atoms with Gasteiger partial charge in [-0.05, 0) is 28.1 Å². The van der Waals surface area contributed by atoms with E-state index in [9.17, 15) is 9.59 Å². The summed E-state index contributed by atoms with van der Waals surface area (Å²) >= 11 is 4.84. The van der Waals surface area contributed by atoms with E-state index in [-0.39, 0.29) is 18.0 Å². The average Bonchev–Trinajstić information content (AvgIpc) is 2.94. The van der Waals surface area contributed by atoms with Crippen LogP contribution in [0.4, 0.5) is 0 Å². The summed E-state index contributed by atoms with van der Waals surface area (Å²) in [6.45, 7) is 0.386. The van der Waals surface area contributed by atoms with E-state index in [1.165, 1.54) is 11.3 Å². The molecule has 0 bridgehead atoms. The first-order valence-electron chi connectivity index (χ1n) is 5.04. The molecule has 0 saturated carbocycles. The maximum Gasteiger partial charge on any atom is 0.353 e. The summed E-state index contributed by atoms with van der Waals surface area (Å²) in [5, 5.41) is 14.7. The Labute approximate surface area is 115 Å². The number of carboxylic acids is 1. The Morgan fingerprint density at radius 2 is 2.39 bits per heavy atom. The minimum atomic E-state index is -1.16. The number of nitrogens with one attached hydrogen (secondary N) is 1. The maximum absolute atomic E-state index is 11.7. The number of halogens is 1. The molecule has 1 amide bonds. The van der Waals surface area contributed by atoms with E-state index in [0.717, 1.165) is 8.66 Å². The smallest absolute Gasteiger partial charge is 0.353 e. The number of thiophene rings is 1. The van der Waals surface area contributed by atoms with Crippen LogP contribution in [-0.2, 0) is 21.0 Å². The highest BCUT2D eigenvalue weighted by Gasteiger charge is 2.31. The summed E-state index contributed by atoms with van der Waals surface area (Å²) in [5.41, 5.74) is -0.131. The summed E-state index contributed by atoms with van der Waals surface area (Å²) in [5.74, 6) is -1.52. The van der Waals surface area contributed by atoms with Gasteiger partial charge in [-0.3, -0.25) is 4.79 Å². The van der Waals surface area contributed by atoms with Gasteiger partial charge in [0.15, 0.2) is 5.71 Å². The molecule has 1 aromatic rings. The largest absolute Gasteiger partial charge is 0.477 e. The second-order valence-corrected chi connectivity index (χ2v) is 6.11. The van der Waals surface area contributed by atoms with Crippen LogP contribution in [0.3, 0.4) is 0 Å². The number of carboxylic acid groups (broad SMARTS) is 1. The van der Waals surface area contributed by atoms with Gasteiger partial charge in [-0.15, -0.1) is 11.3 Å². The van der Waals surface area contributed by atoms with Crippen molar-refractivity contribution >= 4 is 44.9 Å². The van der Waals surface area contributed by atoms with Crippen LogP contribution in [0.2, 0.25) is 0 Å². The molecule has 0 spiro atoms. The molecule has 18 heavy (non-hydrogen) atoms. The van der Waals surface area contributed by atoms with E-state index in [2.05, 4.69) is 26.4 Å². The Kier molecular flexibility index (Phi) is 3.97. The van der Waals surface area contributed by atoms with Crippen molar-refractivity contribution in [1.29, 1.82) is 0 Å². The lowest BCUT2D eigenvalue weighted by Crippen LogP contribution is -2.34. The van der Waals surface area contributed by atoms with E-state index in [0.29, 0.717) is 6.54 Å². The molecule has 1 aromatic heterocycles. The van der Waals surface area contributed by atoms with Gasteiger partial charge in [0.05, 0.1) is 10.3 Å². The molecule has 0 fully saturated rings. The second kappa shape index (κ2) is 5.49. The number of carbonyl (C=O) groups excluding carboxylic acids is 1. The van der Waals surface area contributed by atoms with Crippen molar-refractivity contribution in [3.8, 4) is 0 Å². The van der Waals surface area contributed by atoms with Crippen LogP contribution in [0.1, 0.15) is 11.3 Å². The van der Waals surface area contributed by atoms with Crippen LogP contribution in [-0.4, -0.2) is 28.8 Å². The Bertz CT molecular complexity index is 514. The molecule has 0 radical (unpaired) electrons. The van der Waals surface area contributed by atoms with Crippen molar-refractivity contribution in [2.45, 2.75) is 19.1 Å². The van der Waals surface area contributed by atoms with Crippen molar-refractivity contribution in [3.63, 3.8) is 0 Å². The predicted octanol–water partition coefficient (Wildman–Crippen LogP) is 1.36. The zero-order valence-corrected chi connectivity index (χ0v) is 11.5. The van der Waals surface area contributed by atoms with Crippen LogP contribution in [0, 0.1) is 0 Å². The third-order valence-electron chi connectivity index (χ3n) is 2.27. The van der Waals surface area contributed by atoms with E-state index in [4.69, 9.17) is 9.94 Å². The van der Waals surface area contributed by atoms with Gasteiger partial charge in [0, 0.05) is 11.3 Å². The fourth-order valence-corrected chi connectivity index (χ4v) is 2.80. The highest BCUT2D eigenvalue weighted by atomic mass is 79.9. The highest BCUT2D eigenvalue weighted by molar-refractivity contribution is 9.11. The first-order valence-corrected chi connectivity index (χ1v) is 6.65. The number of carbonyl (C=O) groups is 2. The fourth-order valence-electron chi connectivity index (χ4n) is 1.38. The summed E-state index contributed by atoms with van der Waals surface area (Å²) in [6.07, 6.45) is -0.852. The van der Waals surface area contributed by atoms with Gasteiger partial charge in [0.1, 0.15) is 0 Å². The number of rotatable bonds is 4. The van der Waals surface area contributed by atoms with Crippen molar-refractivity contribution in [2.24, 2.45) is 5.16 Å². The first kappa shape index (κ1) is 13.0. The van der Waals surface area contributed by atoms with Crippen molar-refractivity contribution in [1.82, 2.24) is 5.32 Å². The maximum atomic E-state index is 11.7. The molecule has 96 valence electrons. The van der Waals surface area contributed by atoms with E-state index in [1.54, 1.807) is 0 Å². The van der Waals surface area contributed by atoms with Gasteiger partial charge in [-0.1, -0.05) is 5.16 Å². The van der Waals surface area contributed by atoms with Crippen LogP contribution in [0.5, 0.6) is 0 Å². The second-order valence-electron chi connectivity index (χ2n) is 3.56. The molecular formula is C10H9BrN2O4S. The number of aliphatic carboxylic acids is 1. The molecule has 1 atom stereocenters. The predicted molar refractivity (Wildman–Crippen MR) is 68.4 cm³/mol. The number of oxime groups is 1. The molecule has 1 unspecified atom stereocenters.